The number of hydrogen-bond donors (Lipinski definition) is 1. The first-order chi connectivity index (χ1) is 13.8. The molecule has 144 valence electrons. The van der Waals surface area contributed by atoms with Gasteiger partial charge in [-0.25, -0.2) is 0 Å². The van der Waals surface area contributed by atoms with E-state index in [1.807, 2.05) is 36.8 Å². The van der Waals surface area contributed by atoms with Gasteiger partial charge in [0.2, 0.25) is 0 Å². The van der Waals surface area contributed by atoms with Crippen molar-refractivity contribution in [3.8, 4) is 0 Å². The molecule has 0 bridgehead atoms. The third-order valence-corrected chi connectivity index (χ3v) is 7.21. The Hall–Kier alpha value is -2.63. The molecule has 2 saturated carbocycles. The molecule has 1 unspecified atom stereocenters. The lowest BCUT2D eigenvalue weighted by atomic mass is 9.76. The van der Waals surface area contributed by atoms with Crippen molar-refractivity contribution in [1.29, 1.82) is 0 Å². The molecule has 1 aromatic carbocycles. The maximum Gasteiger partial charge on any atom is 0.254 e. The summed E-state index contributed by atoms with van der Waals surface area (Å²) < 4.78 is 2.30. The van der Waals surface area contributed by atoms with E-state index in [9.17, 15) is 4.79 Å². The third kappa shape index (κ3) is 2.36. The van der Waals surface area contributed by atoms with E-state index in [2.05, 4.69) is 24.6 Å². The van der Waals surface area contributed by atoms with Crippen LogP contribution in [0.15, 0.2) is 36.8 Å². The molecule has 6 rings (SSSR count). The Morgan fingerprint density at radius 3 is 2.86 bits per heavy atom. The third-order valence-electron chi connectivity index (χ3n) is 7.21. The summed E-state index contributed by atoms with van der Waals surface area (Å²) in [6, 6.07) is 8.52. The standard InChI is InChI=1S/C22H25N5O/c28-21(17-4-3-5-19-16(17)8-11-23-19)26-12-18(22(13-26)9-1-2-10-22)20-25-24-14-27(20)15-6-7-15/h3-5,8,11,14-15,18,23H,1-2,6-7,9-10,12-13H2. The lowest BCUT2D eigenvalue weighted by molar-refractivity contribution is 0.0775. The van der Waals surface area contributed by atoms with Gasteiger partial charge in [-0.1, -0.05) is 18.9 Å². The van der Waals surface area contributed by atoms with Crippen LogP contribution in [0.25, 0.3) is 10.9 Å². The summed E-state index contributed by atoms with van der Waals surface area (Å²) in [6.45, 7) is 1.60. The van der Waals surface area contributed by atoms with E-state index in [0.717, 1.165) is 35.4 Å². The molecule has 6 heteroatoms. The topological polar surface area (TPSA) is 66.8 Å². The number of fused-ring (bicyclic) bond motifs is 1. The predicted octanol–water partition coefficient (Wildman–Crippen LogP) is 3.89. The Labute approximate surface area is 163 Å². The molecule has 3 aliphatic rings. The quantitative estimate of drug-likeness (QED) is 0.755. The van der Waals surface area contributed by atoms with E-state index in [1.54, 1.807) is 0 Å². The fraction of sp³-hybridized carbons (Fsp3) is 0.500. The highest BCUT2D eigenvalue weighted by Gasteiger charge is 2.52. The molecule has 3 fully saturated rings. The predicted molar refractivity (Wildman–Crippen MR) is 106 cm³/mol. The zero-order valence-electron chi connectivity index (χ0n) is 16.0. The fourth-order valence-electron chi connectivity index (χ4n) is 5.64. The molecule has 1 aliphatic heterocycles. The van der Waals surface area contributed by atoms with Gasteiger partial charge in [-0.3, -0.25) is 4.79 Å². The normalized spacial score (nSPS) is 23.9. The van der Waals surface area contributed by atoms with Gasteiger partial charge in [0.1, 0.15) is 12.2 Å². The summed E-state index contributed by atoms with van der Waals surface area (Å²) in [7, 11) is 0. The average molecular weight is 375 g/mol. The Kier molecular flexibility index (Phi) is 3.46. The molecule has 28 heavy (non-hydrogen) atoms. The molecule has 0 radical (unpaired) electrons. The molecule has 1 atom stereocenters. The van der Waals surface area contributed by atoms with Crippen LogP contribution in [0.5, 0.6) is 0 Å². The maximum atomic E-state index is 13.5. The van der Waals surface area contributed by atoms with Crippen LogP contribution < -0.4 is 0 Å². The number of aromatic nitrogens is 4. The molecule has 6 nitrogen and oxygen atoms in total. The van der Waals surface area contributed by atoms with Gasteiger partial charge in [0.25, 0.3) is 5.91 Å². The van der Waals surface area contributed by atoms with Crippen molar-refractivity contribution in [3.63, 3.8) is 0 Å². The number of carbonyl (C=O) groups excluding carboxylic acids is 1. The monoisotopic (exact) mass is 375 g/mol. The molecule has 2 aromatic heterocycles. The molecule has 2 aliphatic carbocycles. The Morgan fingerprint density at radius 1 is 1.18 bits per heavy atom. The van der Waals surface area contributed by atoms with Crippen LogP contribution in [-0.4, -0.2) is 43.6 Å². The van der Waals surface area contributed by atoms with E-state index in [1.165, 1.54) is 38.5 Å². The van der Waals surface area contributed by atoms with Crippen molar-refractivity contribution in [3.05, 3.63) is 48.2 Å². The highest BCUT2D eigenvalue weighted by Crippen LogP contribution is 2.54. The second-order valence-electron chi connectivity index (χ2n) is 8.88. The van der Waals surface area contributed by atoms with Crippen molar-refractivity contribution in [2.75, 3.05) is 13.1 Å². The van der Waals surface area contributed by atoms with Gasteiger partial charge in [-0.2, -0.15) is 0 Å². The van der Waals surface area contributed by atoms with Gasteiger partial charge in [-0.05, 0) is 49.3 Å². The fourth-order valence-corrected chi connectivity index (χ4v) is 5.64. The summed E-state index contributed by atoms with van der Waals surface area (Å²) >= 11 is 0. The first-order valence-corrected chi connectivity index (χ1v) is 10.5. The molecule has 1 N–H and O–H groups in total. The second-order valence-corrected chi connectivity index (χ2v) is 8.88. The number of rotatable bonds is 3. The van der Waals surface area contributed by atoms with Crippen LogP contribution in [0.3, 0.4) is 0 Å². The van der Waals surface area contributed by atoms with Crippen molar-refractivity contribution in [2.45, 2.75) is 50.5 Å². The van der Waals surface area contributed by atoms with Gasteiger partial charge in [0.05, 0.1) is 0 Å². The van der Waals surface area contributed by atoms with Crippen molar-refractivity contribution in [2.24, 2.45) is 5.41 Å². The minimum Gasteiger partial charge on any atom is -0.361 e. The number of carbonyl (C=O) groups is 1. The van der Waals surface area contributed by atoms with Gasteiger partial charge in [0.15, 0.2) is 0 Å². The summed E-state index contributed by atoms with van der Waals surface area (Å²) in [5.41, 5.74) is 1.99. The Balaban J connectivity index is 1.37. The minimum absolute atomic E-state index is 0.150. The highest BCUT2D eigenvalue weighted by atomic mass is 16.2. The average Bonchev–Trinajstić information content (AvgIpc) is 3.17. The zero-order chi connectivity index (χ0) is 18.7. The number of H-pyrrole nitrogens is 1. The van der Waals surface area contributed by atoms with Gasteiger partial charge in [0, 0.05) is 47.7 Å². The summed E-state index contributed by atoms with van der Waals surface area (Å²) in [5.74, 6) is 1.56. The largest absolute Gasteiger partial charge is 0.361 e. The van der Waals surface area contributed by atoms with Crippen molar-refractivity contribution < 1.29 is 4.79 Å². The van der Waals surface area contributed by atoms with Crippen molar-refractivity contribution in [1.82, 2.24) is 24.6 Å². The number of benzene rings is 1. The second kappa shape index (κ2) is 5.93. The van der Waals surface area contributed by atoms with Gasteiger partial charge in [-0.15, -0.1) is 10.2 Å². The van der Waals surface area contributed by atoms with Crippen LogP contribution in [0.4, 0.5) is 0 Å². The lowest BCUT2D eigenvalue weighted by Crippen LogP contribution is -2.31. The van der Waals surface area contributed by atoms with Crippen LogP contribution in [0, 0.1) is 5.41 Å². The van der Waals surface area contributed by atoms with Crippen LogP contribution in [-0.2, 0) is 0 Å². The maximum absolute atomic E-state index is 13.5. The smallest absolute Gasteiger partial charge is 0.254 e. The molecular formula is C22H25N5O. The number of nitrogens with one attached hydrogen (secondary N) is 1. The molecular weight excluding hydrogens is 350 g/mol. The number of hydrogen-bond acceptors (Lipinski definition) is 3. The summed E-state index contributed by atoms with van der Waals surface area (Å²) in [6.07, 6.45) is 11.1. The van der Waals surface area contributed by atoms with E-state index < -0.39 is 0 Å². The van der Waals surface area contributed by atoms with E-state index in [4.69, 9.17) is 0 Å². The summed E-state index contributed by atoms with van der Waals surface area (Å²) in [4.78, 5) is 18.8. The zero-order valence-corrected chi connectivity index (χ0v) is 16.0. The first-order valence-electron chi connectivity index (χ1n) is 10.5. The SMILES string of the molecule is O=C(c1cccc2[nH]ccc12)N1CC(c2nncn2C2CC2)C2(CCCC2)C1. The number of aromatic amines is 1. The van der Waals surface area contributed by atoms with Crippen LogP contribution in [0.1, 0.15) is 66.7 Å². The Bertz CT molecular complexity index is 1040. The number of likely N-dealkylation sites (tertiary alicyclic amines) is 1. The van der Waals surface area contributed by atoms with E-state index in [-0.39, 0.29) is 11.3 Å². The molecule has 3 aromatic rings. The molecule has 1 saturated heterocycles. The van der Waals surface area contributed by atoms with Gasteiger partial charge >= 0.3 is 0 Å². The number of nitrogens with zero attached hydrogens (tertiary/aromatic N) is 4. The van der Waals surface area contributed by atoms with Crippen molar-refractivity contribution >= 4 is 16.8 Å². The van der Waals surface area contributed by atoms with E-state index in [0.29, 0.717) is 12.0 Å². The number of amides is 1. The van der Waals surface area contributed by atoms with Gasteiger partial charge < -0.3 is 14.5 Å². The van der Waals surface area contributed by atoms with E-state index >= 15 is 0 Å². The lowest BCUT2D eigenvalue weighted by Gasteiger charge is -2.29. The molecule has 1 spiro atoms. The molecule has 3 heterocycles. The first kappa shape index (κ1) is 16.3. The summed E-state index contributed by atoms with van der Waals surface area (Å²) in [5, 5.41) is 9.82. The molecule has 1 amide bonds. The Morgan fingerprint density at radius 2 is 2.04 bits per heavy atom. The van der Waals surface area contributed by atoms with Crippen LogP contribution >= 0.6 is 0 Å². The highest BCUT2D eigenvalue weighted by molar-refractivity contribution is 6.06. The van der Waals surface area contributed by atoms with Crippen LogP contribution in [0.2, 0.25) is 0 Å². The minimum atomic E-state index is 0.150.